The molecule has 0 aromatic carbocycles. The highest BCUT2D eigenvalue weighted by atomic mass is 16.5. The molecule has 96 valence electrons. The highest BCUT2D eigenvalue weighted by Gasteiger charge is 2.29. The molecule has 0 aromatic heterocycles. The molecule has 0 radical (unpaired) electrons. The number of hydrogen-bond acceptors (Lipinski definition) is 3. The number of carbonyl (C=O) groups is 1. The summed E-state index contributed by atoms with van der Waals surface area (Å²) in [6.45, 7) is 11.6. The van der Waals surface area contributed by atoms with Crippen LogP contribution in [0.3, 0.4) is 0 Å². The van der Waals surface area contributed by atoms with Crippen molar-refractivity contribution in [3.63, 3.8) is 0 Å². The Hall–Kier alpha value is -0.570. The van der Waals surface area contributed by atoms with Crippen molar-refractivity contribution < 1.29 is 14.3 Å². The zero-order chi connectivity index (χ0) is 12.6. The van der Waals surface area contributed by atoms with Gasteiger partial charge in [-0.05, 0) is 26.2 Å². The molecule has 0 bridgehead atoms. The van der Waals surface area contributed by atoms with E-state index in [1.807, 2.05) is 13.8 Å². The summed E-state index contributed by atoms with van der Waals surface area (Å²) in [5, 5.41) is 0. The lowest BCUT2D eigenvalue weighted by Crippen LogP contribution is -2.32. The van der Waals surface area contributed by atoms with Crippen LogP contribution < -0.4 is 0 Å². The molecule has 0 N–H and O–H groups in total. The molecule has 0 aromatic rings. The maximum atomic E-state index is 11.7. The summed E-state index contributed by atoms with van der Waals surface area (Å²) in [5.41, 5.74) is -0.539. The SMILES string of the molecule is CCCCOC(=O)C(C)(C)COCC(C)C. The zero-order valence-electron chi connectivity index (χ0n) is 11.3. The number of ether oxygens (including phenoxy) is 2. The molecule has 0 heterocycles. The van der Waals surface area contributed by atoms with Gasteiger partial charge in [-0.25, -0.2) is 0 Å². The van der Waals surface area contributed by atoms with Crippen LogP contribution in [0.4, 0.5) is 0 Å². The number of carbonyl (C=O) groups excluding carboxylic acids is 1. The Bertz CT molecular complexity index is 197. The van der Waals surface area contributed by atoms with E-state index in [9.17, 15) is 4.79 Å². The average molecular weight is 230 g/mol. The molecule has 0 aliphatic rings. The number of esters is 1. The van der Waals surface area contributed by atoms with Crippen LogP contribution in [0, 0.1) is 11.3 Å². The van der Waals surface area contributed by atoms with Gasteiger partial charge in [0.15, 0.2) is 0 Å². The van der Waals surface area contributed by atoms with Crippen LogP contribution in [-0.2, 0) is 14.3 Å². The summed E-state index contributed by atoms with van der Waals surface area (Å²) in [5.74, 6) is 0.330. The highest BCUT2D eigenvalue weighted by Crippen LogP contribution is 2.18. The Kier molecular flexibility index (Phi) is 7.39. The van der Waals surface area contributed by atoms with E-state index < -0.39 is 5.41 Å². The standard InChI is InChI=1S/C13H26O3/c1-6-7-8-16-12(14)13(4,5)10-15-9-11(2)3/h11H,6-10H2,1-5H3. The molecule has 16 heavy (non-hydrogen) atoms. The minimum Gasteiger partial charge on any atom is -0.465 e. The van der Waals surface area contributed by atoms with Gasteiger partial charge >= 0.3 is 5.97 Å². The Labute approximate surface area is 99.5 Å². The van der Waals surface area contributed by atoms with Gasteiger partial charge in [0, 0.05) is 6.61 Å². The van der Waals surface area contributed by atoms with Gasteiger partial charge < -0.3 is 9.47 Å². The third kappa shape index (κ3) is 6.83. The van der Waals surface area contributed by atoms with E-state index in [-0.39, 0.29) is 5.97 Å². The quantitative estimate of drug-likeness (QED) is 0.475. The van der Waals surface area contributed by atoms with E-state index >= 15 is 0 Å². The first-order valence-corrected chi connectivity index (χ1v) is 6.15. The predicted octanol–water partition coefficient (Wildman–Crippen LogP) is 3.03. The lowest BCUT2D eigenvalue weighted by molar-refractivity contribution is -0.157. The van der Waals surface area contributed by atoms with E-state index in [1.54, 1.807) is 0 Å². The van der Waals surface area contributed by atoms with Crippen LogP contribution in [0.5, 0.6) is 0 Å². The summed E-state index contributed by atoms with van der Waals surface area (Å²) in [6.07, 6.45) is 1.96. The summed E-state index contributed by atoms with van der Waals surface area (Å²) < 4.78 is 10.7. The third-order valence-electron chi connectivity index (χ3n) is 2.20. The summed E-state index contributed by atoms with van der Waals surface area (Å²) in [6, 6.07) is 0. The second-order valence-electron chi connectivity index (χ2n) is 5.28. The van der Waals surface area contributed by atoms with Crippen LogP contribution in [0.15, 0.2) is 0 Å². The number of unbranched alkanes of at least 4 members (excludes halogenated alkanes) is 1. The van der Waals surface area contributed by atoms with E-state index in [4.69, 9.17) is 9.47 Å². The summed E-state index contributed by atoms with van der Waals surface area (Å²) in [7, 11) is 0. The molecule has 0 aliphatic heterocycles. The van der Waals surface area contributed by atoms with Crippen molar-refractivity contribution in [1.82, 2.24) is 0 Å². The largest absolute Gasteiger partial charge is 0.465 e. The van der Waals surface area contributed by atoms with Gasteiger partial charge in [-0.1, -0.05) is 27.2 Å². The van der Waals surface area contributed by atoms with Crippen molar-refractivity contribution >= 4 is 5.97 Å². The minimum absolute atomic E-state index is 0.162. The van der Waals surface area contributed by atoms with Crippen LogP contribution in [0.2, 0.25) is 0 Å². The Balaban J connectivity index is 3.86. The van der Waals surface area contributed by atoms with Gasteiger partial charge in [-0.2, -0.15) is 0 Å². The molecular weight excluding hydrogens is 204 g/mol. The molecule has 0 saturated carbocycles. The molecule has 0 unspecified atom stereocenters. The van der Waals surface area contributed by atoms with Crippen LogP contribution in [-0.4, -0.2) is 25.8 Å². The molecule has 3 nitrogen and oxygen atoms in total. The molecule has 0 amide bonds. The summed E-state index contributed by atoms with van der Waals surface area (Å²) >= 11 is 0. The van der Waals surface area contributed by atoms with Crippen molar-refractivity contribution in [3.05, 3.63) is 0 Å². The first-order chi connectivity index (χ1) is 7.40. The van der Waals surface area contributed by atoms with Gasteiger partial charge in [-0.3, -0.25) is 4.79 Å². The van der Waals surface area contributed by atoms with Crippen LogP contribution in [0.25, 0.3) is 0 Å². The van der Waals surface area contributed by atoms with Gasteiger partial charge in [0.05, 0.1) is 18.6 Å². The predicted molar refractivity (Wildman–Crippen MR) is 65.3 cm³/mol. The lowest BCUT2D eigenvalue weighted by Gasteiger charge is -2.22. The highest BCUT2D eigenvalue weighted by molar-refractivity contribution is 5.76. The van der Waals surface area contributed by atoms with Crippen molar-refractivity contribution in [1.29, 1.82) is 0 Å². The zero-order valence-corrected chi connectivity index (χ0v) is 11.3. The first kappa shape index (κ1) is 15.4. The van der Waals surface area contributed by atoms with E-state index in [0.717, 1.165) is 12.8 Å². The van der Waals surface area contributed by atoms with E-state index in [1.165, 1.54) is 0 Å². The minimum atomic E-state index is -0.539. The second kappa shape index (κ2) is 7.66. The molecular formula is C13H26O3. The maximum absolute atomic E-state index is 11.7. The summed E-state index contributed by atoms with van der Waals surface area (Å²) in [4.78, 5) is 11.7. The Morgan fingerprint density at radius 2 is 1.94 bits per heavy atom. The van der Waals surface area contributed by atoms with Gasteiger partial charge in [0.2, 0.25) is 0 Å². The van der Waals surface area contributed by atoms with Crippen molar-refractivity contribution in [2.45, 2.75) is 47.5 Å². The third-order valence-corrected chi connectivity index (χ3v) is 2.20. The topological polar surface area (TPSA) is 35.5 Å². The lowest BCUT2D eigenvalue weighted by atomic mass is 9.95. The molecule has 0 saturated heterocycles. The normalized spacial score (nSPS) is 11.9. The van der Waals surface area contributed by atoms with Crippen molar-refractivity contribution in [2.24, 2.45) is 11.3 Å². The Morgan fingerprint density at radius 3 is 2.44 bits per heavy atom. The smallest absolute Gasteiger partial charge is 0.313 e. The maximum Gasteiger partial charge on any atom is 0.313 e. The van der Waals surface area contributed by atoms with E-state index in [0.29, 0.717) is 25.7 Å². The monoisotopic (exact) mass is 230 g/mol. The van der Waals surface area contributed by atoms with Gasteiger partial charge in [0.1, 0.15) is 0 Å². The van der Waals surface area contributed by atoms with Crippen molar-refractivity contribution in [3.8, 4) is 0 Å². The number of rotatable bonds is 8. The van der Waals surface area contributed by atoms with Crippen LogP contribution in [0.1, 0.15) is 47.5 Å². The molecule has 0 atom stereocenters. The molecule has 0 rings (SSSR count). The Morgan fingerprint density at radius 1 is 1.31 bits per heavy atom. The molecule has 0 spiro atoms. The van der Waals surface area contributed by atoms with Crippen molar-refractivity contribution in [2.75, 3.05) is 19.8 Å². The molecule has 0 fully saturated rings. The second-order valence-corrected chi connectivity index (χ2v) is 5.28. The fraction of sp³-hybridized carbons (Fsp3) is 0.923. The number of hydrogen-bond donors (Lipinski definition) is 0. The van der Waals surface area contributed by atoms with Crippen LogP contribution >= 0.6 is 0 Å². The average Bonchev–Trinajstić information content (AvgIpc) is 2.17. The fourth-order valence-corrected chi connectivity index (χ4v) is 1.11. The molecule has 0 aliphatic carbocycles. The van der Waals surface area contributed by atoms with Gasteiger partial charge in [-0.15, -0.1) is 0 Å². The first-order valence-electron chi connectivity index (χ1n) is 6.15. The molecule has 3 heteroatoms. The van der Waals surface area contributed by atoms with Gasteiger partial charge in [0.25, 0.3) is 0 Å². The van der Waals surface area contributed by atoms with E-state index in [2.05, 4.69) is 20.8 Å². The fourth-order valence-electron chi connectivity index (χ4n) is 1.11.